The van der Waals surface area contributed by atoms with E-state index in [1.165, 1.54) is 19.2 Å². The Morgan fingerprint density at radius 2 is 2.04 bits per heavy atom. The van der Waals surface area contributed by atoms with E-state index in [-0.39, 0.29) is 17.4 Å². The summed E-state index contributed by atoms with van der Waals surface area (Å²) in [5.41, 5.74) is 0. The van der Waals surface area contributed by atoms with E-state index in [2.05, 4.69) is 20.8 Å². The van der Waals surface area contributed by atoms with Crippen LogP contribution < -0.4 is 10.6 Å². The summed E-state index contributed by atoms with van der Waals surface area (Å²) in [6, 6.07) is 4.68. The highest BCUT2D eigenvalue weighted by Crippen LogP contribution is 2.11. The molecule has 2 heterocycles. The van der Waals surface area contributed by atoms with Crippen LogP contribution in [0.15, 0.2) is 28.9 Å². The molecule has 2 N–H and O–H groups in total. The average molecular weight is 413 g/mol. The molecule has 0 fully saturated rings. The summed E-state index contributed by atoms with van der Waals surface area (Å²) in [7, 11) is 0. The smallest absolute Gasteiger partial charge is 0.316 e. The number of carbonyl (C=O) groups excluding carboxylic acids is 3. The molecule has 2 aromatic heterocycles. The van der Waals surface area contributed by atoms with Gasteiger partial charge in [-0.25, -0.2) is 4.98 Å². The third-order valence-electron chi connectivity index (χ3n) is 3.00. The molecule has 27 heavy (non-hydrogen) atoms. The Labute approximate surface area is 164 Å². The maximum absolute atomic E-state index is 12.0. The van der Waals surface area contributed by atoms with Crippen molar-refractivity contribution in [1.29, 1.82) is 0 Å². The van der Waals surface area contributed by atoms with Crippen molar-refractivity contribution < 1.29 is 23.6 Å². The lowest BCUT2D eigenvalue weighted by atomic mass is 10.3. The highest BCUT2D eigenvalue weighted by Gasteiger charge is 2.18. The molecule has 9 nitrogen and oxygen atoms in total. The van der Waals surface area contributed by atoms with Gasteiger partial charge in [-0.2, -0.15) is 0 Å². The first-order valence-corrected chi connectivity index (χ1v) is 9.29. The van der Waals surface area contributed by atoms with Crippen molar-refractivity contribution in [2.45, 2.75) is 20.0 Å². The molecule has 144 valence electrons. The number of anilines is 2. The van der Waals surface area contributed by atoms with E-state index in [0.29, 0.717) is 22.4 Å². The number of rotatable bonds is 8. The summed E-state index contributed by atoms with van der Waals surface area (Å²) in [4.78, 5) is 39.4. The fourth-order valence-electron chi connectivity index (χ4n) is 1.79. The molecule has 11 heteroatoms. The highest BCUT2D eigenvalue weighted by molar-refractivity contribution is 8.00. The summed E-state index contributed by atoms with van der Waals surface area (Å²) in [5.74, 6) is -0.358. The SMILES string of the molecule is Cc1cc(NC(=O)CSCC(=O)O[C@H](C)C(=O)Nc2ccc(Cl)cn2)no1. The van der Waals surface area contributed by atoms with Crippen molar-refractivity contribution in [3.05, 3.63) is 35.2 Å². The van der Waals surface area contributed by atoms with Gasteiger partial charge in [0.25, 0.3) is 5.91 Å². The number of halogens is 1. The Morgan fingerprint density at radius 3 is 2.67 bits per heavy atom. The summed E-state index contributed by atoms with van der Waals surface area (Å²) in [5, 5.41) is 9.10. The van der Waals surface area contributed by atoms with Gasteiger partial charge in [-0.05, 0) is 26.0 Å². The number of nitrogens with zero attached hydrogens (tertiary/aromatic N) is 2. The summed E-state index contributed by atoms with van der Waals surface area (Å²) < 4.78 is 9.85. The van der Waals surface area contributed by atoms with Crippen LogP contribution in [-0.2, 0) is 19.1 Å². The molecule has 2 aromatic rings. The van der Waals surface area contributed by atoms with E-state index in [4.69, 9.17) is 20.9 Å². The fraction of sp³-hybridized carbons (Fsp3) is 0.312. The Balaban J connectivity index is 1.67. The molecule has 0 aromatic carbocycles. The van der Waals surface area contributed by atoms with Crippen LogP contribution >= 0.6 is 23.4 Å². The molecule has 1 atom stereocenters. The van der Waals surface area contributed by atoms with E-state index < -0.39 is 18.0 Å². The number of thioether (sulfide) groups is 1. The number of aryl methyl sites for hydroxylation is 1. The second-order valence-electron chi connectivity index (χ2n) is 5.35. The summed E-state index contributed by atoms with van der Waals surface area (Å²) in [6.07, 6.45) is 0.373. The Hall–Kier alpha value is -2.59. The third kappa shape index (κ3) is 7.27. The van der Waals surface area contributed by atoms with Crippen molar-refractivity contribution in [3.63, 3.8) is 0 Å². The Bertz CT molecular complexity index is 811. The minimum absolute atomic E-state index is 0.0241. The lowest BCUT2D eigenvalue weighted by Crippen LogP contribution is -2.31. The fourth-order valence-corrected chi connectivity index (χ4v) is 2.50. The largest absolute Gasteiger partial charge is 0.452 e. The number of amides is 2. The molecule has 0 bridgehead atoms. The second-order valence-corrected chi connectivity index (χ2v) is 6.77. The number of esters is 1. The second kappa shape index (κ2) is 9.93. The summed E-state index contributed by atoms with van der Waals surface area (Å²) >= 11 is 6.76. The van der Waals surface area contributed by atoms with Gasteiger partial charge in [0, 0.05) is 12.3 Å². The maximum atomic E-state index is 12.0. The molecule has 2 amide bonds. The van der Waals surface area contributed by atoms with Crippen LogP contribution in [0.5, 0.6) is 0 Å². The molecule has 0 aliphatic heterocycles. The number of hydrogen-bond acceptors (Lipinski definition) is 8. The predicted molar refractivity (Wildman–Crippen MR) is 101 cm³/mol. The van der Waals surface area contributed by atoms with Crippen LogP contribution in [0.2, 0.25) is 5.02 Å². The number of hydrogen-bond donors (Lipinski definition) is 2. The van der Waals surface area contributed by atoms with Gasteiger partial charge in [0.05, 0.1) is 16.5 Å². The van der Waals surface area contributed by atoms with Crippen LogP contribution in [0.1, 0.15) is 12.7 Å². The molecule has 0 radical (unpaired) electrons. The van der Waals surface area contributed by atoms with Crippen LogP contribution in [0.25, 0.3) is 0 Å². The van der Waals surface area contributed by atoms with Crippen LogP contribution in [0.4, 0.5) is 11.6 Å². The monoisotopic (exact) mass is 412 g/mol. The van der Waals surface area contributed by atoms with Gasteiger partial charge in [0.15, 0.2) is 11.9 Å². The first kappa shape index (κ1) is 20.7. The van der Waals surface area contributed by atoms with E-state index in [0.717, 1.165) is 11.8 Å². The zero-order chi connectivity index (χ0) is 19.8. The molecule has 0 saturated carbocycles. The van der Waals surface area contributed by atoms with E-state index in [1.54, 1.807) is 19.1 Å². The highest BCUT2D eigenvalue weighted by atomic mass is 35.5. The van der Waals surface area contributed by atoms with E-state index >= 15 is 0 Å². The number of carbonyl (C=O) groups is 3. The number of aromatic nitrogens is 2. The number of nitrogens with one attached hydrogen (secondary N) is 2. The Morgan fingerprint density at radius 1 is 1.26 bits per heavy atom. The number of pyridine rings is 1. The van der Waals surface area contributed by atoms with Crippen molar-refractivity contribution in [1.82, 2.24) is 10.1 Å². The Kier molecular flexibility index (Phi) is 7.62. The van der Waals surface area contributed by atoms with Gasteiger partial charge in [0.1, 0.15) is 11.6 Å². The molecule has 0 aliphatic rings. The lowest BCUT2D eigenvalue weighted by molar-refractivity contribution is -0.150. The molecule has 0 saturated heterocycles. The van der Waals surface area contributed by atoms with Crippen molar-refractivity contribution in [3.8, 4) is 0 Å². The van der Waals surface area contributed by atoms with Crippen molar-refractivity contribution in [2.24, 2.45) is 0 Å². The zero-order valence-corrected chi connectivity index (χ0v) is 16.1. The van der Waals surface area contributed by atoms with Crippen molar-refractivity contribution in [2.75, 3.05) is 22.1 Å². The first-order valence-electron chi connectivity index (χ1n) is 7.76. The number of ether oxygens (including phenoxy) is 1. The zero-order valence-electron chi connectivity index (χ0n) is 14.5. The lowest BCUT2D eigenvalue weighted by Gasteiger charge is -2.13. The topological polar surface area (TPSA) is 123 Å². The van der Waals surface area contributed by atoms with Crippen molar-refractivity contribution >= 4 is 52.8 Å². The predicted octanol–water partition coefficient (Wildman–Crippen LogP) is 2.27. The van der Waals surface area contributed by atoms with E-state index in [9.17, 15) is 14.4 Å². The molecule has 2 rings (SSSR count). The average Bonchev–Trinajstić information content (AvgIpc) is 3.01. The first-order chi connectivity index (χ1) is 12.8. The minimum Gasteiger partial charge on any atom is -0.452 e. The molecule has 0 aliphatic carbocycles. The van der Waals surface area contributed by atoms with E-state index in [1.807, 2.05) is 0 Å². The van der Waals surface area contributed by atoms with Gasteiger partial charge in [0.2, 0.25) is 5.91 Å². The molecular formula is C16H17ClN4O5S. The normalized spacial score (nSPS) is 11.5. The standard InChI is InChI=1S/C16H17ClN4O5S/c1-9-5-13(21-26-9)19-14(22)7-27-8-15(23)25-10(2)16(24)20-12-4-3-11(17)6-18-12/h3-6,10H,7-8H2,1-2H3,(H,18,20,24)(H,19,21,22)/t10-/m1/s1. The maximum Gasteiger partial charge on any atom is 0.316 e. The van der Waals surface area contributed by atoms with Crippen LogP contribution in [-0.4, -0.2) is 45.5 Å². The van der Waals surface area contributed by atoms with Crippen LogP contribution in [0.3, 0.4) is 0 Å². The molecule has 0 spiro atoms. The van der Waals surface area contributed by atoms with Crippen LogP contribution in [0, 0.1) is 6.92 Å². The van der Waals surface area contributed by atoms with Gasteiger partial charge < -0.3 is 19.9 Å². The van der Waals surface area contributed by atoms with Gasteiger partial charge >= 0.3 is 5.97 Å². The van der Waals surface area contributed by atoms with Gasteiger partial charge in [-0.3, -0.25) is 14.4 Å². The minimum atomic E-state index is -1.01. The quantitative estimate of drug-likeness (QED) is 0.633. The van der Waals surface area contributed by atoms with Gasteiger partial charge in [-0.15, -0.1) is 11.8 Å². The van der Waals surface area contributed by atoms with Gasteiger partial charge in [-0.1, -0.05) is 16.8 Å². The summed E-state index contributed by atoms with van der Waals surface area (Å²) in [6.45, 7) is 3.14. The molecular weight excluding hydrogens is 396 g/mol. The third-order valence-corrected chi connectivity index (χ3v) is 4.13. The molecule has 0 unspecified atom stereocenters.